The minimum atomic E-state index is 0.00974. The molecule has 0 N–H and O–H groups in total. The minimum Gasteiger partial charge on any atom is -0.455 e. The second kappa shape index (κ2) is 8.87. The molecule has 5 rings (SSSR count). The zero-order chi connectivity index (χ0) is 21.2. The van der Waals surface area contributed by atoms with Crippen molar-refractivity contribution in [3.63, 3.8) is 0 Å². The van der Waals surface area contributed by atoms with Crippen LogP contribution in [0.2, 0.25) is 0 Å². The number of para-hydroxylation sites is 2. The van der Waals surface area contributed by atoms with Crippen molar-refractivity contribution in [1.82, 2.24) is 19.4 Å². The first kappa shape index (κ1) is 20.3. The van der Waals surface area contributed by atoms with Crippen molar-refractivity contribution in [3.05, 3.63) is 53.7 Å². The number of hydrogen-bond acceptors (Lipinski definition) is 4. The van der Waals surface area contributed by atoms with E-state index in [1.807, 2.05) is 23.1 Å². The topological polar surface area (TPSA) is 54.5 Å². The maximum absolute atomic E-state index is 13.2. The van der Waals surface area contributed by atoms with E-state index in [-0.39, 0.29) is 11.8 Å². The number of fused-ring (bicyclic) bond motifs is 1. The largest absolute Gasteiger partial charge is 0.455 e. The lowest BCUT2D eigenvalue weighted by Crippen LogP contribution is -2.39. The molecule has 2 saturated heterocycles. The average molecular weight is 421 g/mol. The van der Waals surface area contributed by atoms with Crippen molar-refractivity contribution in [3.8, 4) is 0 Å². The van der Waals surface area contributed by atoms with Gasteiger partial charge < -0.3 is 13.9 Å². The zero-order valence-electron chi connectivity index (χ0n) is 18.4. The van der Waals surface area contributed by atoms with Gasteiger partial charge in [0.1, 0.15) is 11.6 Å². The number of imidazole rings is 1. The van der Waals surface area contributed by atoms with Gasteiger partial charge in [0.25, 0.3) is 5.91 Å². The summed E-state index contributed by atoms with van der Waals surface area (Å²) in [6, 6.07) is 12.2. The van der Waals surface area contributed by atoms with Gasteiger partial charge in [-0.3, -0.25) is 9.69 Å². The Morgan fingerprint density at radius 2 is 1.94 bits per heavy atom. The van der Waals surface area contributed by atoms with E-state index in [1.165, 1.54) is 18.4 Å². The van der Waals surface area contributed by atoms with Crippen LogP contribution in [0, 0.1) is 0 Å². The average Bonchev–Trinajstić information content (AvgIpc) is 3.55. The monoisotopic (exact) mass is 420 g/mol. The Morgan fingerprint density at radius 1 is 1.10 bits per heavy atom. The summed E-state index contributed by atoms with van der Waals surface area (Å²) in [6.07, 6.45) is 5.63. The van der Waals surface area contributed by atoms with E-state index >= 15 is 0 Å². The number of amides is 1. The number of nitrogens with zero attached hydrogens (tertiary/aromatic N) is 4. The molecule has 3 aromatic rings. The number of aromatic nitrogens is 2. The number of rotatable bonds is 6. The maximum atomic E-state index is 13.2. The van der Waals surface area contributed by atoms with Gasteiger partial charge in [0.05, 0.1) is 17.6 Å². The fourth-order valence-corrected chi connectivity index (χ4v) is 5.13. The van der Waals surface area contributed by atoms with E-state index in [1.54, 1.807) is 0 Å². The number of aryl methyl sites for hydroxylation is 1. The number of benzene rings is 1. The number of carbonyl (C=O) groups is 1. The Bertz CT molecular complexity index is 1050. The van der Waals surface area contributed by atoms with Crippen LogP contribution in [0.15, 0.2) is 40.8 Å². The number of likely N-dealkylation sites (tertiary alicyclic amines) is 2. The van der Waals surface area contributed by atoms with E-state index in [9.17, 15) is 4.79 Å². The highest BCUT2D eigenvalue weighted by Crippen LogP contribution is 2.30. The summed E-state index contributed by atoms with van der Waals surface area (Å²) in [5.41, 5.74) is 2.24. The summed E-state index contributed by atoms with van der Waals surface area (Å²) in [4.78, 5) is 22.5. The molecule has 6 heteroatoms. The number of piperidine rings is 1. The SMILES string of the molecule is CCCn1c(C2CCCN(C(=O)c3ccc(CN4CCCC4)o3)C2)nc2ccccc21. The first-order valence-corrected chi connectivity index (χ1v) is 11.8. The van der Waals surface area contributed by atoms with E-state index in [0.29, 0.717) is 12.3 Å². The molecule has 2 aliphatic heterocycles. The van der Waals surface area contributed by atoms with Gasteiger partial charge >= 0.3 is 0 Å². The third-order valence-electron chi connectivity index (χ3n) is 6.66. The predicted molar refractivity (Wildman–Crippen MR) is 121 cm³/mol. The van der Waals surface area contributed by atoms with Crippen molar-refractivity contribution in [2.45, 2.75) is 58.0 Å². The molecule has 31 heavy (non-hydrogen) atoms. The zero-order valence-corrected chi connectivity index (χ0v) is 18.4. The molecule has 0 bridgehead atoms. The molecule has 2 aliphatic rings. The van der Waals surface area contributed by atoms with E-state index < -0.39 is 0 Å². The van der Waals surface area contributed by atoms with Crippen LogP contribution >= 0.6 is 0 Å². The van der Waals surface area contributed by atoms with Gasteiger partial charge in [0.15, 0.2) is 5.76 Å². The molecule has 1 amide bonds. The molecule has 1 aromatic carbocycles. The lowest BCUT2D eigenvalue weighted by Gasteiger charge is -2.32. The Labute approximate surface area is 183 Å². The molecule has 0 radical (unpaired) electrons. The number of hydrogen-bond donors (Lipinski definition) is 0. The van der Waals surface area contributed by atoms with Crippen LogP contribution in [-0.2, 0) is 13.1 Å². The molecule has 164 valence electrons. The third-order valence-corrected chi connectivity index (χ3v) is 6.66. The summed E-state index contributed by atoms with van der Waals surface area (Å²) < 4.78 is 8.31. The van der Waals surface area contributed by atoms with Crippen LogP contribution in [-0.4, -0.2) is 51.4 Å². The Hall–Kier alpha value is -2.60. The van der Waals surface area contributed by atoms with Gasteiger partial charge in [-0.25, -0.2) is 4.98 Å². The number of carbonyl (C=O) groups excluding carboxylic acids is 1. The highest BCUT2D eigenvalue weighted by atomic mass is 16.4. The molecule has 0 aliphatic carbocycles. The number of furan rings is 1. The fraction of sp³-hybridized carbons (Fsp3) is 0.520. The quantitative estimate of drug-likeness (QED) is 0.582. The third kappa shape index (κ3) is 4.13. The summed E-state index contributed by atoms with van der Waals surface area (Å²) in [5.74, 6) is 2.75. The lowest BCUT2D eigenvalue weighted by molar-refractivity contribution is 0.0668. The van der Waals surface area contributed by atoms with E-state index in [4.69, 9.17) is 9.40 Å². The molecule has 0 spiro atoms. The maximum Gasteiger partial charge on any atom is 0.289 e. The molecular formula is C25H32N4O2. The molecule has 1 atom stereocenters. The highest BCUT2D eigenvalue weighted by molar-refractivity contribution is 5.91. The van der Waals surface area contributed by atoms with Gasteiger partial charge in [-0.15, -0.1) is 0 Å². The summed E-state index contributed by atoms with van der Waals surface area (Å²) in [7, 11) is 0. The standard InChI is InChI=1S/C25H32N4O2/c1-2-13-29-22-10-4-3-9-21(22)26-24(29)19-8-7-16-28(17-19)25(30)23-12-11-20(31-23)18-27-14-5-6-15-27/h3-4,9-12,19H,2,5-8,13-18H2,1H3. The van der Waals surface area contributed by atoms with Crippen LogP contribution in [0.5, 0.6) is 0 Å². The van der Waals surface area contributed by atoms with Crippen LogP contribution in [0.3, 0.4) is 0 Å². The summed E-state index contributed by atoms with van der Waals surface area (Å²) >= 11 is 0. The molecule has 6 nitrogen and oxygen atoms in total. The Kier molecular flexibility index (Phi) is 5.81. The van der Waals surface area contributed by atoms with Gasteiger partial charge in [0, 0.05) is 25.6 Å². The van der Waals surface area contributed by atoms with Crippen molar-refractivity contribution >= 4 is 16.9 Å². The van der Waals surface area contributed by atoms with Crippen molar-refractivity contribution in [2.75, 3.05) is 26.2 Å². The van der Waals surface area contributed by atoms with Gasteiger partial charge in [0.2, 0.25) is 0 Å². The van der Waals surface area contributed by atoms with Gasteiger partial charge in [-0.2, -0.15) is 0 Å². The van der Waals surface area contributed by atoms with Crippen LogP contribution in [0.1, 0.15) is 67.1 Å². The second-order valence-corrected chi connectivity index (χ2v) is 8.95. The summed E-state index contributed by atoms with van der Waals surface area (Å²) in [5, 5.41) is 0. The minimum absolute atomic E-state index is 0.00974. The lowest BCUT2D eigenvalue weighted by atomic mass is 9.96. The summed E-state index contributed by atoms with van der Waals surface area (Å²) in [6.45, 7) is 7.69. The predicted octanol–water partition coefficient (Wildman–Crippen LogP) is 4.65. The molecule has 2 fully saturated rings. The molecule has 2 aromatic heterocycles. The van der Waals surface area contributed by atoms with Crippen molar-refractivity contribution in [1.29, 1.82) is 0 Å². The smallest absolute Gasteiger partial charge is 0.289 e. The van der Waals surface area contributed by atoms with Crippen molar-refractivity contribution < 1.29 is 9.21 Å². The molecule has 4 heterocycles. The Balaban J connectivity index is 1.32. The van der Waals surface area contributed by atoms with Gasteiger partial charge in [-0.1, -0.05) is 19.1 Å². The first-order chi connectivity index (χ1) is 15.2. The van der Waals surface area contributed by atoms with E-state index in [2.05, 4.69) is 34.6 Å². The van der Waals surface area contributed by atoms with Gasteiger partial charge in [-0.05, 0) is 69.5 Å². The van der Waals surface area contributed by atoms with Crippen LogP contribution in [0.4, 0.5) is 0 Å². The highest BCUT2D eigenvalue weighted by Gasteiger charge is 2.30. The normalized spacial score (nSPS) is 20.0. The molecular weight excluding hydrogens is 388 g/mol. The van der Waals surface area contributed by atoms with Crippen LogP contribution < -0.4 is 0 Å². The first-order valence-electron chi connectivity index (χ1n) is 11.8. The van der Waals surface area contributed by atoms with Crippen LogP contribution in [0.25, 0.3) is 11.0 Å². The molecule has 1 unspecified atom stereocenters. The fourth-order valence-electron chi connectivity index (χ4n) is 5.13. The molecule has 0 saturated carbocycles. The van der Waals surface area contributed by atoms with Crippen molar-refractivity contribution in [2.24, 2.45) is 0 Å². The van der Waals surface area contributed by atoms with E-state index in [0.717, 1.165) is 69.1 Å². The second-order valence-electron chi connectivity index (χ2n) is 8.95. The Morgan fingerprint density at radius 3 is 2.77 bits per heavy atom.